The van der Waals surface area contributed by atoms with E-state index < -0.39 is 6.10 Å². The first-order valence-corrected chi connectivity index (χ1v) is 7.54. The molecule has 0 unspecified atom stereocenters. The molecule has 0 radical (unpaired) electrons. The van der Waals surface area contributed by atoms with Crippen molar-refractivity contribution in [2.24, 2.45) is 0 Å². The summed E-state index contributed by atoms with van der Waals surface area (Å²) in [5.74, 6) is 0.159. The number of rotatable bonds is 6. The van der Waals surface area contributed by atoms with E-state index in [-0.39, 0.29) is 18.0 Å². The first-order chi connectivity index (χ1) is 10.1. The van der Waals surface area contributed by atoms with E-state index in [2.05, 4.69) is 10.2 Å². The predicted molar refractivity (Wildman–Crippen MR) is 81.0 cm³/mol. The third-order valence-electron chi connectivity index (χ3n) is 3.85. The number of hydrogen-bond donors (Lipinski definition) is 2. The zero-order chi connectivity index (χ0) is 15.2. The largest absolute Gasteiger partial charge is 0.488 e. The number of halogens is 1. The Balaban J connectivity index is 1.88. The van der Waals surface area contributed by atoms with Crippen molar-refractivity contribution in [2.75, 3.05) is 27.2 Å². The molecule has 2 rings (SSSR count). The molecule has 0 aromatic heterocycles. The van der Waals surface area contributed by atoms with Crippen molar-refractivity contribution in [3.63, 3.8) is 0 Å². The Morgan fingerprint density at radius 3 is 2.90 bits per heavy atom. The van der Waals surface area contributed by atoms with E-state index in [0.29, 0.717) is 5.75 Å². The van der Waals surface area contributed by atoms with Crippen LogP contribution in [0.5, 0.6) is 5.75 Å². The zero-order valence-corrected chi connectivity index (χ0v) is 12.8. The molecule has 2 N–H and O–H groups in total. The molecule has 0 spiro atoms. The SMILES string of the molecule is CN(C)CCN[C@H]1CCC[C@@H](Oc2cccc(F)c2)[C@@H]1O. The highest BCUT2D eigenvalue weighted by atomic mass is 19.1. The van der Waals surface area contributed by atoms with Crippen molar-refractivity contribution in [2.45, 2.75) is 37.5 Å². The van der Waals surface area contributed by atoms with Crippen LogP contribution in [0.25, 0.3) is 0 Å². The predicted octanol–water partition coefficient (Wildman–Crippen LogP) is 1.64. The van der Waals surface area contributed by atoms with Crippen molar-refractivity contribution in [3.8, 4) is 5.75 Å². The Kier molecular flexibility index (Phi) is 5.96. The maximum Gasteiger partial charge on any atom is 0.126 e. The van der Waals surface area contributed by atoms with Gasteiger partial charge in [-0.05, 0) is 45.5 Å². The number of nitrogens with one attached hydrogen (secondary N) is 1. The number of aliphatic hydroxyl groups excluding tert-OH is 1. The second kappa shape index (κ2) is 7.73. The molecule has 21 heavy (non-hydrogen) atoms. The minimum absolute atomic E-state index is 0.0391. The van der Waals surface area contributed by atoms with Crippen molar-refractivity contribution in [1.82, 2.24) is 10.2 Å². The summed E-state index contributed by atoms with van der Waals surface area (Å²) in [7, 11) is 4.05. The maximum absolute atomic E-state index is 13.2. The fourth-order valence-corrected chi connectivity index (χ4v) is 2.68. The first-order valence-electron chi connectivity index (χ1n) is 7.54. The quantitative estimate of drug-likeness (QED) is 0.837. The van der Waals surface area contributed by atoms with Gasteiger partial charge in [0.1, 0.15) is 23.8 Å². The average Bonchev–Trinajstić information content (AvgIpc) is 2.42. The second-order valence-corrected chi connectivity index (χ2v) is 5.90. The van der Waals surface area contributed by atoms with Gasteiger partial charge in [0, 0.05) is 25.2 Å². The minimum Gasteiger partial charge on any atom is -0.488 e. The lowest BCUT2D eigenvalue weighted by Gasteiger charge is -2.35. The van der Waals surface area contributed by atoms with Gasteiger partial charge in [0.2, 0.25) is 0 Å². The number of hydrogen-bond acceptors (Lipinski definition) is 4. The number of nitrogens with zero attached hydrogens (tertiary/aromatic N) is 1. The van der Waals surface area contributed by atoms with Crippen LogP contribution >= 0.6 is 0 Å². The van der Waals surface area contributed by atoms with Gasteiger partial charge in [-0.2, -0.15) is 0 Å². The highest BCUT2D eigenvalue weighted by Gasteiger charge is 2.33. The molecule has 1 fully saturated rings. The molecular formula is C16H25FN2O2. The molecule has 118 valence electrons. The van der Waals surface area contributed by atoms with E-state index in [1.807, 2.05) is 14.1 Å². The Bertz CT molecular complexity index is 442. The van der Waals surface area contributed by atoms with Gasteiger partial charge in [-0.15, -0.1) is 0 Å². The van der Waals surface area contributed by atoms with Gasteiger partial charge in [-0.25, -0.2) is 4.39 Å². The molecule has 0 bridgehead atoms. The molecule has 1 aliphatic carbocycles. The lowest BCUT2D eigenvalue weighted by molar-refractivity contribution is -0.0155. The summed E-state index contributed by atoms with van der Waals surface area (Å²) in [5.41, 5.74) is 0. The maximum atomic E-state index is 13.2. The number of ether oxygens (including phenoxy) is 1. The van der Waals surface area contributed by atoms with E-state index in [1.54, 1.807) is 12.1 Å². The van der Waals surface area contributed by atoms with E-state index in [9.17, 15) is 9.50 Å². The van der Waals surface area contributed by atoms with Crippen molar-refractivity contribution < 1.29 is 14.2 Å². The summed E-state index contributed by atoms with van der Waals surface area (Å²) in [6.07, 6.45) is 1.89. The zero-order valence-electron chi connectivity index (χ0n) is 12.8. The smallest absolute Gasteiger partial charge is 0.126 e. The van der Waals surface area contributed by atoms with Crippen LogP contribution in [-0.2, 0) is 0 Å². The average molecular weight is 296 g/mol. The van der Waals surface area contributed by atoms with Gasteiger partial charge in [0.15, 0.2) is 0 Å². The lowest BCUT2D eigenvalue weighted by atomic mass is 9.90. The number of aliphatic hydroxyl groups is 1. The molecule has 4 nitrogen and oxygen atoms in total. The minimum atomic E-state index is -0.566. The molecule has 1 saturated carbocycles. The fourth-order valence-electron chi connectivity index (χ4n) is 2.68. The normalized spacial score (nSPS) is 26.0. The summed E-state index contributed by atoms with van der Waals surface area (Å²) < 4.78 is 18.9. The molecule has 5 heteroatoms. The van der Waals surface area contributed by atoms with E-state index >= 15 is 0 Å². The van der Waals surface area contributed by atoms with E-state index in [4.69, 9.17) is 4.74 Å². The number of likely N-dealkylation sites (N-methyl/N-ethyl adjacent to an activating group) is 1. The van der Waals surface area contributed by atoms with Crippen LogP contribution in [0.15, 0.2) is 24.3 Å². The molecule has 1 aliphatic rings. The van der Waals surface area contributed by atoms with Crippen molar-refractivity contribution in [1.29, 1.82) is 0 Å². The summed E-state index contributed by atoms with van der Waals surface area (Å²) in [4.78, 5) is 2.10. The van der Waals surface area contributed by atoms with Crippen LogP contribution in [-0.4, -0.2) is 55.4 Å². The van der Waals surface area contributed by atoms with Gasteiger partial charge in [-0.1, -0.05) is 6.07 Å². The monoisotopic (exact) mass is 296 g/mol. The van der Waals surface area contributed by atoms with Crippen molar-refractivity contribution in [3.05, 3.63) is 30.1 Å². The Morgan fingerprint density at radius 2 is 2.19 bits per heavy atom. The third kappa shape index (κ3) is 4.95. The van der Waals surface area contributed by atoms with Gasteiger partial charge in [-0.3, -0.25) is 0 Å². The van der Waals surface area contributed by atoms with Crippen LogP contribution < -0.4 is 10.1 Å². The lowest BCUT2D eigenvalue weighted by Crippen LogP contribution is -2.52. The van der Waals surface area contributed by atoms with Crippen LogP contribution in [0.3, 0.4) is 0 Å². The van der Waals surface area contributed by atoms with E-state index in [1.165, 1.54) is 12.1 Å². The topological polar surface area (TPSA) is 44.7 Å². The van der Waals surface area contributed by atoms with E-state index in [0.717, 1.165) is 32.4 Å². The Morgan fingerprint density at radius 1 is 1.38 bits per heavy atom. The molecule has 1 aromatic carbocycles. The summed E-state index contributed by atoms with van der Waals surface area (Å²) in [5, 5.41) is 13.8. The number of benzene rings is 1. The standard InChI is InChI=1S/C16H25FN2O2/c1-19(2)10-9-18-14-7-4-8-15(16(14)20)21-13-6-3-5-12(17)11-13/h3,5-6,11,14-16,18,20H,4,7-10H2,1-2H3/t14-,15+,16+/m0/s1. The van der Waals surface area contributed by atoms with Gasteiger partial charge < -0.3 is 20.1 Å². The highest BCUT2D eigenvalue weighted by molar-refractivity contribution is 5.23. The molecule has 0 amide bonds. The molecule has 3 atom stereocenters. The Hall–Kier alpha value is -1.17. The van der Waals surface area contributed by atoms with Crippen molar-refractivity contribution >= 4 is 0 Å². The summed E-state index contributed by atoms with van der Waals surface area (Å²) >= 11 is 0. The molecule has 0 saturated heterocycles. The fraction of sp³-hybridized carbons (Fsp3) is 0.625. The highest BCUT2D eigenvalue weighted by Crippen LogP contribution is 2.24. The first kappa shape index (κ1) is 16.2. The summed E-state index contributed by atoms with van der Waals surface area (Å²) in [6, 6.07) is 6.12. The van der Waals surface area contributed by atoms with Gasteiger partial charge in [0.25, 0.3) is 0 Å². The second-order valence-electron chi connectivity index (χ2n) is 5.90. The van der Waals surface area contributed by atoms with Crippen LogP contribution in [0.1, 0.15) is 19.3 Å². The third-order valence-corrected chi connectivity index (χ3v) is 3.85. The molecule has 0 heterocycles. The molecule has 1 aromatic rings. The molecular weight excluding hydrogens is 271 g/mol. The molecule has 0 aliphatic heterocycles. The van der Waals surface area contributed by atoms with Gasteiger partial charge >= 0.3 is 0 Å². The Labute approximate surface area is 125 Å². The summed E-state index contributed by atoms with van der Waals surface area (Å²) in [6.45, 7) is 1.76. The van der Waals surface area contributed by atoms with Crippen LogP contribution in [0.4, 0.5) is 4.39 Å². The van der Waals surface area contributed by atoms with Crippen LogP contribution in [0.2, 0.25) is 0 Å². The van der Waals surface area contributed by atoms with Crippen LogP contribution in [0, 0.1) is 5.82 Å². The van der Waals surface area contributed by atoms with Gasteiger partial charge in [0.05, 0.1) is 0 Å².